The summed E-state index contributed by atoms with van der Waals surface area (Å²) in [5.41, 5.74) is -0.867. The molecule has 0 aromatic carbocycles. The van der Waals surface area contributed by atoms with Crippen molar-refractivity contribution < 1.29 is 27.5 Å². The maximum atomic E-state index is 11.5. The number of hydrogen-bond donors (Lipinski definition) is 0. The Morgan fingerprint density at radius 2 is 1.56 bits per heavy atom. The van der Waals surface area contributed by atoms with Crippen LogP contribution in [0.25, 0.3) is 0 Å². The first-order valence-electron chi connectivity index (χ1n) is 4.48. The van der Waals surface area contributed by atoms with Gasteiger partial charge in [0.15, 0.2) is 9.84 Å². The number of sulfone groups is 1. The second kappa shape index (κ2) is 4.82. The molecule has 0 aliphatic heterocycles. The molecule has 0 aromatic heterocycles. The van der Waals surface area contributed by atoms with E-state index < -0.39 is 32.6 Å². The smallest absolute Gasteiger partial charge is 0.336 e. The van der Waals surface area contributed by atoms with E-state index in [-0.39, 0.29) is 0 Å². The van der Waals surface area contributed by atoms with Crippen molar-refractivity contribution in [1.82, 2.24) is 0 Å². The molecule has 0 heterocycles. The van der Waals surface area contributed by atoms with E-state index in [0.29, 0.717) is 0 Å². The van der Waals surface area contributed by atoms with Crippen molar-refractivity contribution in [3.8, 4) is 0 Å². The summed E-state index contributed by atoms with van der Waals surface area (Å²) in [7, 11) is -2.89. The summed E-state index contributed by atoms with van der Waals surface area (Å²) in [5, 5.41) is -1.92. The summed E-state index contributed by atoms with van der Waals surface area (Å²) in [5.74, 6) is -2.27. The number of carbonyl (C=O) groups is 2. The summed E-state index contributed by atoms with van der Waals surface area (Å²) < 4.78 is 31.6. The van der Waals surface area contributed by atoms with Crippen LogP contribution in [0.15, 0.2) is 0 Å². The van der Waals surface area contributed by atoms with Crippen LogP contribution < -0.4 is 0 Å². The molecule has 0 bridgehead atoms. The Balaban J connectivity index is 5.09. The first kappa shape index (κ1) is 14.9. The molecule has 0 radical (unpaired) electrons. The fourth-order valence-corrected chi connectivity index (χ4v) is 1.75. The molecule has 0 saturated carbocycles. The van der Waals surface area contributed by atoms with Crippen LogP contribution in [0, 0.1) is 0 Å². The maximum Gasteiger partial charge on any atom is 0.336 e. The average molecular weight is 252 g/mol. The van der Waals surface area contributed by atoms with Crippen LogP contribution in [0.2, 0.25) is 0 Å². The Hall–Kier alpha value is -1.11. The van der Waals surface area contributed by atoms with Gasteiger partial charge in [0.25, 0.3) is 5.25 Å². The third kappa shape index (κ3) is 4.61. The number of ether oxygens (including phenoxy) is 2. The molecule has 7 heteroatoms. The lowest BCUT2D eigenvalue weighted by Gasteiger charge is -2.22. The van der Waals surface area contributed by atoms with E-state index in [1.165, 1.54) is 0 Å². The van der Waals surface area contributed by atoms with Gasteiger partial charge in [-0.3, -0.25) is 4.79 Å². The van der Waals surface area contributed by atoms with E-state index in [1.54, 1.807) is 20.8 Å². The van der Waals surface area contributed by atoms with Gasteiger partial charge >= 0.3 is 11.9 Å². The van der Waals surface area contributed by atoms with Crippen molar-refractivity contribution in [1.29, 1.82) is 0 Å². The summed E-state index contributed by atoms with van der Waals surface area (Å²) in [6.45, 7) is 4.71. The molecule has 6 nitrogen and oxygen atoms in total. The highest BCUT2D eigenvalue weighted by Crippen LogP contribution is 2.12. The topological polar surface area (TPSA) is 86.7 Å². The zero-order chi connectivity index (χ0) is 13.1. The van der Waals surface area contributed by atoms with E-state index in [0.717, 1.165) is 13.4 Å². The van der Waals surface area contributed by atoms with Crippen molar-refractivity contribution in [2.24, 2.45) is 0 Å². The van der Waals surface area contributed by atoms with Gasteiger partial charge < -0.3 is 9.47 Å². The minimum Gasteiger partial charge on any atom is -0.468 e. The number of hydrogen-bond acceptors (Lipinski definition) is 6. The maximum absolute atomic E-state index is 11.5. The van der Waals surface area contributed by atoms with E-state index in [1.807, 2.05) is 0 Å². The molecular formula is C9H16O6S. The van der Waals surface area contributed by atoms with Gasteiger partial charge in [0.2, 0.25) is 0 Å². The zero-order valence-corrected chi connectivity index (χ0v) is 10.8. The third-order valence-electron chi connectivity index (χ3n) is 1.46. The van der Waals surface area contributed by atoms with Crippen molar-refractivity contribution in [3.05, 3.63) is 0 Å². The van der Waals surface area contributed by atoms with Crippen LogP contribution in [0.4, 0.5) is 0 Å². The second-order valence-corrected chi connectivity index (χ2v) is 6.40. The zero-order valence-electron chi connectivity index (χ0n) is 9.94. The first-order chi connectivity index (χ1) is 6.99. The molecular weight excluding hydrogens is 236 g/mol. The fourth-order valence-electron chi connectivity index (χ4n) is 0.908. The Morgan fingerprint density at radius 3 is 1.81 bits per heavy atom. The lowest BCUT2D eigenvalue weighted by Crippen LogP contribution is -2.42. The number of carbonyl (C=O) groups excluding carboxylic acids is 2. The minimum atomic E-state index is -3.90. The predicted molar refractivity (Wildman–Crippen MR) is 56.5 cm³/mol. The Morgan fingerprint density at radius 1 is 1.12 bits per heavy atom. The van der Waals surface area contributed by atoms with Crippen molar-refractivity contribution in [2.75, 3.05) is 13.4 Å². The molecule has 0 aliphatic carbocycles. The molecule has 1 atom stereocenters. The largest absolute Gasteiger partial charge is 0.468 e. The average Bonchev–Trinajstić information content (AvgIpc) is 1.97. The van der Waals surface area contributed by atoms with Crippen molar-refractivity contribution in [2.45, 2.75) is 31.6 Å². The van der Waals surface area contributed by atoms with Gasteiger partial charge in [0.05, 0.1) is 7.11 Å². The van der Waals surface area contributed by atoms with Crippen LogP contribution in [0.1, 0.15) is 20.8 Å². The second-order valence-electron chi connectivity index (χ2n) is 4.27. The van der Waals surface area contributed by atoms with Gasteiger partial charge in [0.1, 0.15) is 5.60 Å². The lowest BCUT2D eigenvalue weighted by atomic mass is 10.2. The predicted octanol–water partition coefficient (Wildman–Crippen LogP) is -0.0857. The van der Waals surface area contributed by atoms with Gasteiger partial charge in [-0.2, -0.15) is 0 Å². The van der Waals surface area contributed by atoms with Gasteiger partial charge in [-0.1, -0.05) is 0 Å². The van der Waals surface area contributed by atoms with E-state index in [4.69, 9.17) is 4.74 Å². The molecule has 0 aromatic rings. The summed E-state index contributed by atoms with van der Waals surface area (Å²) >= 11 is 0. The van der Waals surface area contributed by atoms with Gasteiger partial charge in [-0.05, 0) is 20.8 Å². The normalized spacial score (nSPS) is 14.1. The van der Waals surface area contributed by atoms with Gasteiger partial charge in [-0.25, -0.2) is 13.2 Å². The van der Waals surface area contributed by atoms with Crippen LogP contribution in [0.3, 0.4) is 0 Å². The van der Waals surface area contributed by atoms with E-state index in [2.05, 4.69) is 4.74 Å². The Bertz CT molecular complexity index is 375. The standard InChI is InChI=1S/C9H16O6S/c1-9(2,3)15-8(11)6(7(10)14-4)16(5,12)13/h6H,1-5H3. The van der Waals surface area contributed by atoms with Crippen LogP contribution in [0.5, 0.6) is 0 Å². The molecule has 94 valence electrons. The monoisotopic (exact) mass is 252 g/mol. The number of rotatable bonds is 3. The summed E-state index contributed by atoms with van der Waals surface area (Å²) in [4.78, 5) is 22.7. The molecule has 0 saturated heterocycles. The van der Waals surface area contributed by atoms with Crippen molar-refractivity contribution >= 4 is 21.8 Å². The molecule has 0 fully saturated rings. The quantitative estimate of drug-likeness (QED) is 0.515. The van der Waals surface area contributed by atoms with Gasteiger partial charge in [-0.15, -0.1) is 0 Å². The Labute approximate surface area is 94.8 Å². The molecule has 0 N–H and O–H groups in total. The van der Waals surface area contributed by atoms with E-state index >= 15 is 0 Å². The molecule has 0 amide bonds. The summed E-state index contributed by atoms with van der Waals surface area (Å²) in [6, 6.07) is 0. The fraction of sp³-hybridized carbons (Fsp3) is 0.778. The van der Waals surface area contributed by atoms with Crippen LogP contribution >= 0.6 is 0 Å². The molecule has 16 heavy (non-hydrogen) atoms. The minimum absolute atomic E-state index is 0.776. The molecule has 0 rings (SSSR count). The highest BCUT2D eigenvalue weighted by atomic mass is 32.2. The third-order valence-corrected chi connectivity index (χ3v) is 2.71. The molecule has 1 unspecified atom stereocenters. The first-order valence-corrected chi connectivity index (χ1v) is 6.44. The van der Waals surface area contributed by atoms with Crippen LogP contribution in [-0.4, -0.2) is 44.6 Å². The highest BCUT2D eigenvalue weighted by Gasteiger charge is 2.40. The molecule has 0 spiro atoms. The summed E-state index contributed by atoms with van der Waals surface area (Å²) in [6.07, 6.45) is 0.776. The SMILES string of the molecule is COC(=O)C(C(=O)OC(C)(C)C)S(C)(=O)=O. The highest BCUT2D eigenvalue weighted by molar-refractivity contribution is 7.92. The van der Waals surface area contributed by atoms with Gasteiger partial charge in [0, 0.05) is 6.26 Å². The lowest BCUT2D eigenvalue weighted by molar-refractivity contribution is -0.159. The number of methoxy groups -OCH3 is 1. The Kier molecular flexibility index (Phi) is 4.48. The number of esters is 2. The van der Waals surface area contributed by atoms with E-state index in [9.17, 15) is 18.0 Å². The van der Waals surface area contributed by atoms with Crippen molar-refractivity contribution in [3.63, 3.8) is 0 Å². The van der Waals surface area contributed by atoms with Crippen LogP contribution in [-0.2, 0) is 28.9 Å². The molecule has 0 aliphatic rings.